The first-order chi connectivity index (χ1) is 31.0. The zero-order chi connectivity index (χ0) is 46.7. The molecule has 2 rings (SSSR count). The van der Waals surface area contributed by atoms with Gasteiger partial charge in [-0.1, -0.05) is 206 Å². The van der Waals surface area contributed by atoms with Gasteiger partial charge in [0.1, 0.15) is 36.0 Å². The number of aliphatic hydroxyl groups excluding tert-OH is 4. The van der Waals surface area contributed by atoms with Crippen LogP contribution in [0.2, 0.25) is 0 Å². The predicted octanol–water partition coefficient (Wildman–Crippen LogP) is 11.9. The first-order valence-corrected chi connectivity index (χ1v) is 28.2. The molecule has 1 aliphatic heterocycles. The second-order valence-electron chi connectivity index (χ2n) is 19.4. The summed E-state index contributed by atoms with van der Waals surface area (Å²) in [5.74, 6) is -1.03. The van der Waals surface area contributed by atoms with Crippen LogP contribution >= 0.6 is 7.82 Å². The smallest absolute Gasteiger partial charge is 0.394 e. The van der Waals surface area contributed by atoms with Gasteiger partial charge in [-0.25, -0.2) is 4.57 Å². The molecule has 0 aromatic heterocycles. The summed E-state index contributed by atoms with van der Waals surface area (Å²) in [6.07, 6.45) is 30.5. The van der Waals surface area contributed by atoms with Crippen LogP contribution in [0.4, 0.5) is 0 Å². The summed E-state index contributed by atoms with van der Waals surface area (Å²) < 4.78 is 35.9. The van der Waals surface area contributed by atoms with E-state index in [1.807, 2.05) is 0 Å². The van der Waals surface area contributed by atoms with Crippen molar-refractivity contribution in [1.82, 2.24) is 0 Å². The van der Waals surface area contributed by atoms with Gasteiger partial charge in [0.25, 0.3) is 0 Å². The second-order valence-corrected chi connectivity index (χ2v) is 20.8. The van der Waals surface area contributed by atoms with Crippen LogP contribution < -0.4 is 0 Å². The lowest BCUT2D eigenvalue weighted by atomic mass is 9.92. The molecule has 0 amide bonds. The monoisotopic (exact) mass is 933 g/mol. The van der Waals surface area contributed by atoms with Gasteiger partial charge in [-0.3, -0.25) is 18.6 Å². The van der Waals surface area contributed by atoms with E-state index < -0.39 is 69.9 Å². The number of unbranched alkanes of at least 4 members (excludes halogenated alkanes) is 28. The second kappa shape index (κ2) is 38.1. The molecule has 2 aliphatic rings. The highest BCUT2D eigenvalue weighted by molar-refractivity contribution is 7.47. The number of Topliss-reactive ketones (excluding diaryl/α,β-unsaturated/α-hetero) is 2. The van der Waals surface area contributed by atoms with Crippen LogP contribution in [-0.2, 0) is 32.7 Å². The van der Waals surface area contributed by atoms with Gasteiger partial charge in [-0.05, 0) is 25.7 Å². The van der Waals surface area contributed by atoms with E-state index in [0.29, 0.717) is 38.5 Å². The molecule has 64 heavy (non-hydrogen) atoms. The Morgan fingerprint density at radius 3 is 1.42 bits per heavy atom. The fourth-order valence-electron chi connectivity index (χ4n) is 9.29. The van der Waals surface area contributed by atoms with Crippen LogP contribution in [0.15, 0.2) is 0 Å². The minimum Gasteiger partial charge on any atom is -0.394 e. The van der Waals surface area contributed by atoms with Crippen LogP contribution in [0.1, 0.15) is 251 Å². The topological polar surface area (TPSA) is 189 Å². The highest BCUT2D eigenvalue weighted by Gasteiger charge is 2.46. The van der Waals surface area contributed by atoms with Gasteiger partial charge >= 0.3 is 7.82 Å². The van der Waals surface area contributed by atoms with Crippen molar-refractivity contribution in [3.05, 3.63) is 0 Å². The number of hydrogen-bond donors (Lipinski definition) is 5. The summed E-state index contributed by atoms with van der Waals surface area (Å²) in [5.41, 5.74) is 0. The lowest BCUT2D eigenvalue weighted by molar-refractivity contribution is -0.318. The first kappa shape index (κ1) is 59.3. The molecule has 0 bridgehead atoms. The Morgan fingerprint density at radius 1 is 0.578 bits per heavy atom. The lowest BCUT2D eigenvalue weighted by Gasteiger charge is -2.42. The quantitative estimate of drug-likeness (QED) is 0.0288. The van der Waals surface area contributed by atoms with Crippen LogP contribution in [0.3, 0.4) is 0 Å². The van der Waals surface area contributed by atoms with Gasteiger partial charge in [-0.15, -0.1) is 0 Å². The van der Waals surface area contributed by atoms with E-state index in [2.05, 4.69) is 13.8 Å². The normalized spacial score (nSPS) is 24.1. The average Bonchev–Trinajstić information content (AvgIpc) is 3.28. The summed E-state index contributed by atoms with van der Waals surface area (Å²) in [6.45, 7) is 3.48. The molecule has 1 saturated heterocycles. The Kier molecular flexibility index (Phi) is 35.3. The summed E-state index contributed by atoms with van der Waals surface area (Å²) in [4.78, 5) is 37.7. The zero-order valence-corrected chi connectivity index (χ0v) is 41.6. The molecule has 13 heteroatoms. The van der Waals surface area contributed by atoms with Crippen LogP contribution in [0.25, 0.3) is 0 Å². The number of aliphatic hydroxyl groups is 4. The molecule has 0 radical (unpaired) electrons. The number of hydrogen-bond acceptors (Lipinski definition) is 11. The standard InChI is InChI=1S/C51H97O12P/c1-3-5-7-9-11-13-15-17-19-21-23-25-27-29-31-35-43(53)39-42(44(54)36-32-30-28-26-24-22-20-18-16-14-12-10-8-6-4-2)41-60-64(58,59)63-46-38-34-33-37-45(46)61-51-50(57)49(56)48(55)47(40-52)62-51/h42,45-52,55-57H,3-41H2,1-2H3,(H,58,59)/t42-,45-,46-,47?,48?,49?,50?,51?/m1/s1. The number of carbonyl (C=O) groups is 2. The maximum absolute atomic E-state index is 13.6. The van der Waals surface area contributed by atoms with E-state index >= 15 is 0 Å². The lowest BCUT2D eigenvalue weighted by Crippen LogP contribution is -2.60. The molecule has 9 atom stereocenters. The van der Waals surface area contributed by atoms with Gasteiger partial charge < -0.3 is 34.8 Å². The van der Waals surface area contributed by atoms with Crippen molar-refractivity contribution in [3.63, 3.8) is 0 Å². The van der Waals surface area contributed by atoms with Gasteiger partial charge in [0.15, 0.2) is 6.29 Å². The van der Waals surface area contributed by atoms with Crippen molar-refractivity contribution in [1.29, 1.82) is 0 Å². The molecule has 0 aromatic carbocycles. The molecule has 378 valence electrons. The molecule has 5 N–H and O–H groups in total. The largest absolute Gasteiger partial charge is 0.472 e. The van der Waals surface area contributed by atoms with Crippen LogP contribution in [-0.4, -0.2) is 93.0 Å². The van der Waals surface area contributed by atoms with Crippen molar-refractivity contribution in [2.24, 2.45) is 5.92 Å². The Hall–Kier alpha value is -0.790. The first-order valence-electron chi connectivity index (χ1n) is 26.7. The molecule has 6 unspecified atom stereocenters. The van der Waals surface area contributed by atoms with E-state index in [0.717, 1.165) is 38.5 Å². The third kappa shape index (κ3) is 27.9. The molecule has 1 aliphatic carbocycles. The number of phosphoric ester groups is 1. The number of phosphoric acid groups is 1. The average molecular weight is 933 g/mol. The van der Waals surface area contributed by atoms with Crippen molar-refractivity contribution in [2.75, 3.05) is 13.2 Å². The van der Waals surface area contributed by atoms with E-state index in [-0.39, 0.29) is 24.4 Å². The van der Waals surface area contributed by atoms with Gasteiger partial charge in [-0.2, -0.15) is 0 Å². The summed E-state index contributed by atoms with van der Waals surface area (Å²) in [5, 5.41) is 40.5. The number of ether oxygens (including phenoxy) is 2. The molecule has 0 spiro atoms. The minimum atomic E-state index is -4.74. The van der Waals surface area contributed by atoms with Crippen molar-refractivity contribution >= 4 is 19.4 Å². The van der Waals surface area contributed by atoms with Crippen molar-refractivity contribution < 1.29 is 58.0 Å². The van der Waals surface area contributed by atoms with E-state index in [1.54, 1.807) is 0 Å². The van der Waals surface area contributed by atoms with Crippen LogP contribution in [0, 0.1) is 5.92 Å². The third-order valence-electron chi connectivity index (χ3n) is 13.5. The highest BCUT2D eigenvalue weighted by atomic mass is 31.2. The number of rotatable bonds is 43. The molecule has 12 nitrogen and oxygen atoms in total. The minimum absolute atomic E-state index is 0.0392. The molecule has 1 heterocycles. The number of carbonyl (C=O) groups excluding carboxylic acids is 2. The molecular formula is C51H97O12P. The van der Waals surface area contributed by atoms with Crippen molar-refractivity contribution in [2.45, 2.75) is 294 Å². The Bertz CT molecular complexity index is 1190. The Morgan fingerprint density at radius 2 is 0.984 bits per heavy atom. The summed E-state index contributed by atoms with van der Waals surface area (Å²) in [7, 11) is -4.74. The summed E-state index contributed by atoms with van der Waals surface area (Å²) >= 11 is 0. The molecule has 2 fully saturated rings. The zero-order valence-electron chi connectivity index (χ0n) is 40.7. The van der Waals surface area contributed by atoms with E-state index in [9.17, 15) is 39.5 Å². The van der Waals surface area contributed by atoms with Gasteiger partial charge in [0.05, 0.1) is 25.4 Å². The third-order valence-corrected chi connectivity index (χ3v) is 14.5. The Balaban J connectivity index is 1.81. The fraction of sp³-hybridized carbons (Fsp3) is 0.961. The SMILES string of the molecule is CCCCCCCCCCCCCCCCCC(=O)C[C@H](COP(=O)(O)O[C@@H]1CCCC[C@H]1OC1OC(CO)C(O)C(O)C1O)C(=O)CCCCCCCCCCCCCCCCC. The maximum Gasteiger partial charge on any atom is 0.472 e. The molecule has 1 saturated carbocycles. The van der Waals surface area contributed by atoms with Gasteiger partial charge in [0, 0.05) is 25.2 Å². The van der Waals surface area contributed by atoms with Crippen molar-refractivity contribution in [3.8, 4) is 0 Å². The molecular weight excluding hydrogens is 836 g/mol. The Labute approximate surface area is 389 Å². The van der Waals surface area contributed by atoms with Gasteiger partial charge in [0.2, 0.25) is 0 Å². The summed E-state index contributed by atoms with van der Waals surface area (Å²) in [6, 6.07) is 0. The molecule has 0 aromatic rings. The predicted molar refractivity (Wildman–Crippen MR) is 255 cm³/mol. The number of ketones is 2. The highest BCUT2D eigenvalue weighted by Crippen LogP contribution is 2.48. The van der Waals surface area contributed by atoms with Crippen LogP contribution in [0.5, 0.6) is 0 Å². The maximum atomic E-state index is 13.6. The van der Waals surface area contributed by atoms with E-state index in [4.69, 9.17) is 18.5 Å². The fourth-order valence-corrected chi connectivity index (χ4v) is 10.3. The van der Waals surface area contributed by atoms with E-state index in [1.165, 1.54) is 148 Å².